The van der Waals surface area contributed by atoms with E-state index in [1.165, 1.54) is 23.1 Å². The second-order valence-corrected chi connectivity index (χ2v) is 33.4. The van der Waals surface area contributed by atoms with Gasteiger partial charge in [-0.2, -0.15) is 5.10 Å². The summed E-state index contributed by atoms with van der Waals surface area (Å²) in [5.41, 5.74) is 19.8. The van der Waals surface area contributed by atoms with Crippen LogP contribution in [-0.4, -0.2) is 169 Å². The highest BCUT2D eigenvalue weighted by atomic mass is 35.5. The van der Waals surface area contributed by atoms with Crippen LogP contribution in [0.3, 0.4) is 0 Å². The summed E-state index contributed by atoms with van der Waals surface area (Å²) in [7, 11) is 2.15. The number of hydrogen-bond acceptors (Lipinski definition) is 18. The second kappa shape index (κ2) is 32.5. The number of nitrogens with zero attached hydrogens (tertiary/aromatic N) is 20. The van der Waals surface area contributed by atoms with Gasteiger partial charge < -0.3 is 38.5 Å². The number of rotatable bonds is 9. The van der Waals surface area contributed by atoms with Gasteiger partial charge in [-0.05, 0) is 240 Å². The van der Waals surface area contributed by atoms with E-state index >= 15 is 0 Å². The molecule has 2 N–H and O–H groups in total. The monoisotopic (exact) mass is 1640 g/mol. The normalized spacial score (nSPS) is 17.3. The summed E-state index contributed by atoms with van der Waals surface area (Å²) < 4.78 is 14.0. The molecular weight excluding hydrogens is 1550 g/mol. The number of fused-ring (bicyclic) bond motifs is 9. The largest absolute Gasteiger partial charge is 0.370 e. The predicted molar refractivity (Wildman–Crippen MR) is 464 cm³/mol. The van der Waals surface area contributed by atoms with Gasteiger partial charge >= 0.3 is 0 Å². The smallest absolute Gasteiger partial charge is 0.258 e. The maximum Gasteiger partial charge on any atom is 0.258 e. The van der Waals surface area contributed by atoms with E-state index in [2.05, 4.69) is 88.6 Å². The molecule has 2 unspecified atom stereocenters. The van der Waals surface area contributed by atoms with Crippen molar-refractivity contribution in [2.75, 3.05) is 77.4 Å². The minimum absolute atomic E-state index is 0.0825. The molecule has 5 aliphatic rings. The maximum absolute atomic E-state index is 13.0. The zero-order valence-corrected chi connectivity index (χ0v) is 69.2. The molecule has 2 atom stereocenters. The molecule has 0 radical (unpaired) electrons. The average molecular weight is 1640 g/mol. The van der Waals surface area contributed by atoms with Gasteiger partial charge in [0.25, 0.3) is 22.2 Å². The molecule has 0 bridgehead atoms. The summed E-state index contributed by atoms with van der Waals surface area (Å²) >= 11 is 19.2. The van der Waals surface area contributed by atoms with Crippen molar-refractivity contribution < 1.29 is 0 Å². The van der Waals surface area contributed by atoms with Gasteiger partial charge in [0.15, 0.2) is 16.9 Å². The second-order valence-electron chi connectivity index (χ2n) is 32.2. The number of halogens is 3. The van der Waals surface area contributed by atoms with Crippen LogP contribution in [0.15, 0.2) is 184 Å². The molecule has 5 aliphatic heterocycles. The van der Waals surface area contributed by atoms with Crippen molar-refractivity contribution in [3.05, 3.63) is 267 Å². The number of pyridine rings is 7. The van der Waals surface area contributed by atoms with E-state index in [1.54, 1.807) is 46.4 Å². The molecule has 21 rings (SSSR count). The minimum Gasteiger partial charge on any atom is -0.370 e. The SMILES string of the molecule is CCN1CCC(c2ccc3nc(-c4cc(Cl)c5nc(C)cn5c4)cc(=O)n3c2)CC1.Cc1cn2cc(-c3cc(=O)n4cc(C5CCN(C)CC5)ccc4n3)cc(Cl)c2n1.Cc1cn2cc(-c3cc(=O)n4cc(C5CCNCC5)ccc4n3)cc(Cl)c2n1.Cc1cn2nc(-c3cc(=O)n4cc(N5CCC6NCCC6C5)ccc4n3)cc2c(C)n1. The van der Waals surface area contributed by atoms with Crippen LogP contribution in [0.4, 0.5) is 5.69 Å². The van der Waals surface area contributed by atoms with Crippen molar-refractivity contribution in [3.63, 3.8) is 0 Å². The van der Waals surface area contributed by atoms with E-state index in [4.69, 9.17) is 54.7 Å². The number of piperidine rings is 4. The summed E-state index contributed by atoms with van der Waals surface area (Å²) in [6.45, 7) is 22.6. The van der Waals surface area contributed by atoms with Crippen LogP contribution in [0.1, 0.15) is 121 Å². The molecule has 5 fully saturated rings. The summed E-state index contributed by atoms with van der Waals surface area (Å²) in [5.74, 6) is 2.17. The molecule has 118 heavy (non-hydrogen) atoms. The molecule has 602 valence electrons. The van der Waals surface area contributed by atoms with Crippen molar-refractivity contribution in [2.24, 2.45) is 5.92 Å². The molecule has 0 spiro atoms. The van der Waals surface area contributed by atoms with Gasteiger partial charge in [-0.25, -0.2) is 39.4 Å². The maximum atomic E-state index is 13.0. The minimum atomic E-state index is -0.0950. The fraction of sp³-hybridized carbons (Fsp3) is 0.337. The third-order valence-corrected chi connectivity index (χ3v) is 24.8. The fourth-order valence-corrected chi connectivity index (χ4v) is 18.4. The fourth-order valence-electron chi connectivity index (χ4n) is 17.7. The molecular formula is C89H91Cl3N22O4. The van der Waals surface area contributed by atoms with Crippen LogP contribution in [0.2, 0.25) is 15.1 Å². The molecule has 0 saturated carbocycles. The Labute approximate surface area is 694 Å². The van der Waals surface area contributed by atoms with E-state index in [-0.39, 0.29) is 22.2 Å². The zero-order valence-electron chi connectivity index (χ0n) is 66.9. The number of likely N-dealkylation sites (tertiary alicyclic amines) is 2. The number of nitrogens with one attached hydrogen (secondary N) is 2. The molecule has 0 aliphatic carbocycles. The standard InChI is InChI=1S/C23H24ClN5O.C23H25N7O.C22H22ClN5O.C21H20ClN5O/c1-3-27-8-6-16(7-9-27)17-4-5-21-26-20(11-22(30)29(21)14-17)18-10-19(24)23-25-15(2)12-28(23)13-18;1-14-11-30-21(15(2)25-14)9-20(27-30)19-10-23(31)29-13-17(3-4-22(29)26-19)28-8-6-18-16(12-28)5-7-24-18;1-14-11-27-12-17(9-18(23)22(27)24-14)19-10-21(29)28-13-16(3-4-20(28)25-19)15-5-7-26(2)8-6-15;1-13-10-26-11-16(8-17(22)21(26)24-13)18-9-20(28)27-12-15(2-3-19(27)25-18)14-4-6-23-7-5-14/h4-5,10-14,16H,3,6-9H2,1-2H3;3-4,9-11,13,16,18,24H,5-8,12H2,1-2H3;3-4,9-13,15H,5-8H2,1-2H3;2-3,8-12,14,23H,4-7H2,1H3. The molecule has 0 aromatic carbocycles. The lowest BCUT2D eigenvalue weighted by Crippen LogP contribution is -2.44. The lowest BCUT2D eigenvalue weighted by atomic mass is 9.90. The third kappa shape index (κ3) is 15.9. The number of imidazole rings is 3. The first-order valence-corrected chi connectivity index (χ1v) is 41.8. The van der Waals surface area contributed by atoms with Gasteiger partial charge in [0, 0.05) is 122 Å². The van der Waals surface area contributed by atoms with E-state index in [9.17, 15) is 19.2 Å². The van der Waals surface area contributed by atoms with Crippen molar-refractivity contribution >= 4 is 85.5 Å². The third-order valence-electron chi connectivity index (χ3n) is 24.0. The zero-order chi connectivity index (χ0) is 81.3. The Balaban J connectivity index is 0.000000108. The van der Waals surface area contributed by atoms with Gasteiger partial charge in [-0.1, -0.05) is 59.9 Å². The van der Waals surface area contributed by atoms with Crippen molar-refractivity contribution in [3.8, 4) is 45.2 Å². The summed E-state index contributed by atoms with van der Waals surface area (Å²) in [4.78, 5) is 95.4. The van der Waals surface area contributed by atoms with Crippen molar-refractivity contribution in [2.45, 2.75) is 117 Å². The first-order chi connectivity index (χ1) is 57.1. The molecule has 26 nitrogen and oxygen atoms in total. The Morgan fingerprint density at radius 1 is 0.407 bits per heavy atom. The van der Waals surface area contributed by atoms with Crippen LogP contribution < -0.4 is 37.8 Å². The van der Waals surface area contributed by atoms with E-state index < -0.39 is 0 Å². The van der Waals surface area contributed by atoms with E-state index in [0.717, 1.165) is 167 Å². The number of hydrogen-bond donors (Lipinski definition) is 2. The molecule has 16 aromatic rings. The molecule has 21 heterocycles. The summed E-state index contributed by atoms with van der Waals surface area (Å²) in [5, 5.41) is 13.2. The molecule has 0 amide bonds. The Morgan fingerprint density at radius 2 is 0.831 bits per heavy atom. The Kier molecular flexibility index (Phi) is 21.4. The Hall–Kier alpha value is -11.4. The van der Waals surface area contributed by atoms with Crippen LogP contribution >= 0.6 is 34.8 Å². The Morgan fingerprint density at radius 3 is 1.31 bits per heavy atom. The van der Waals surface area contributed by atoms with Crippen LogP contribution in [0.5, 0.6) is 0 Å². The highest BCUT2D eigenvalue weighted by Gasteiger charge is 2.33. The van der Waals surface area contributed by atoms with Gasteiger partial charge in [0.2, 0.25) is 0 Å². The highest BCUT2D eigenvalue weighted by Crippen LogP contribution is 2.35. The van der Waals surface area contributed by atoms with Gasteiger partial charge in [0.05, 0.1) is 83.7 Å². The van der Waals surface area contributed by atoms with Gasteiger partial charge in [0.1, 0.15) is 28.3 Å². The average Bonchev–Trinajstić information content (AvgIpc) is 1.04. The Bertz CT molecular complexity index is 6840. The number of anilines is 1. The first kappa shape index (κ1) is 77.9. The van der Waals surface area contributed by atoms with Crippen molar-refractivity contribution in [1.82, 2.24) is 101 Å². The van der Waals surface area contributed by atoms with Crippen LogP contribution in [0.25, 0.3) is 90.2 Å². The van der Waals surface area contributed by atoms with Crippen LogP contribution in [-0.2, 0) is 0 Å². The molecule has 29 heteroatoms. The highest BCUT2D eigenvalue weighted by molar-refractivity contribution is 6.34. The van der Waals surface area contributed by atoms with Gasteiger partial charge in [-0.15, -0.1) is 0 Å². The summed E-state index contributed by atoms with van der Waals surface area (Å²) in [6.07, 6.45) is 30.2. The van der Waals surface area contributed by atoms with E-state index in [0.29, 0.717) is 113 Å². The lowest BCUT2D eigenvalue weighted by molar-refractivity contribution is 0.222. The number of aryl methyl sites for hydroxylation is 5. The van der Waals surface area contributed by atoms with Crippen LogP contribution in [0, 0.1) is 40.5 Å². The van der Waals surface area contributed by atoms with Gasteiger partial charge in [-0.3, -0.25) is 41.8 Å². The predicted octanol–water partition coefficient (Wildman–Crippen LogP) is 13.6. The first-order valence-electron chi connectivity index (χ1n) is 40.7. The van der Waals surface area contributed by atoms with Crippen molar-refractivity contribution in [1.29, 1.82) is 0 Å². The summed E-state index contributed by atoms with van der Waals surface area (Å²) in [6, 6.07) is 30.5. The number of aromatic nitrogens is 17. The molecule has 5 saturated heterocycles. The lowest BCUT2D eigenvalue weighted by Gasteiger charge is -2.36. The molecule has 16 aromatic heterocycles. The van der Waals surface area contributed by atoms with E-state index in [1.807, 2.05) is 165 Å². The topological polar surface area (TPSA) is 253 Å². The quantitative estimate of drug-likeness (QED) is 0.136.